The molecule has 0 aliphatic carbocycles. The number of hydrogen-bond donors (Lipinski definition) is 1. The summed E-state index contributed by atoms with van der Waals surface area (Å²) in [5.74, 6) is -0.108. The molecular formula is C17H32N4O4. The largest absolute Gasteiger partial charge is 0.450 e. The van der Waals surface area contributed by atoms with Crippen molar-refractivity contribution in [3.63, 3.8) is 0 Å². The van der Waals surface area contributed by atoms with Crippen molar-refractivity contribution in [3.8, 4) is 0 Å². The summed E-state index contributed by atoms with van der Waals surface area (Å²) >= 11 is 0. The molecule has 1 aliphatic heterocycles. The first-order chi connectivity index (χ1) is 11.7. The van der Waals surface area contributed by atoms with Crippen molar-refractivity contribution in [2.75, 3.05) is 52.4 Å². The number of hydrogen-bond acceptors (Lipinski definition) is 5. The fraction of sp³-hybridized carbons (Fsp3) is 0.824. The summed E-state index contributed by atoms with van der Waals surface area (Å²) in [7, 11) is 0. The summed E-state index contributed by atoms with van der Waals surface area (Å²) in [6.45, 7) is 12.8. The van der Waals surface area contributed by atoms with Crippen LogP contribution in [0.3, 0.4) is 0 Å². The molecule has 0 radical (unpaired) electrons. The van der Waals surface area contributed by atoms with Crippen LogP contribution >= 0.6 is 0 Å². The molecule has 0 bridgehead atoms. The van der Waals surface area contributed by atoms with Gasteiger partial charge in [0.15, 0.2) is 0 Å². The summed E-state index contributed by atoms with van der Waals surface area (Å²) in [5.41, 5.74) is -0.288. The van der Waals surface area contributed by atoms with E-state index in [1.807, 2.05) is 32.6 Å². The third-order valence-electron chi connectivity index (χ3n) is 3.85. The van der Waals surface area contributed by atoms with Gasteiger partial charge in [-0.3, -0.25) is 14.5 Å². The summed E-state index contributed by atoms with van der Waals surface area (Å²) in [4.78, 5) is 41.3. The molecule has 0 spiro atoms. The minimum atomic E-state index is -0.330. The lowest BCUT2D eigenvalue weighted by Crippen LogP contribution is -2.53. The molecule has 0 aromatic heterocycles. The van der Waals surface area contributed by atoms with Crippen LogP contribution in [-0.4, -0.2) is 90.6 Å². The number of likely N-dealkylation sites (N-methyl/N-ethyl adjacent to an activating group) is 1. The Kier molecular flexibility index (Phi) is 8.15. The third-order valence-corrected chi connectivity index (χ3v) is 3.85. The summed E-state index contributed by atoms with van der Waals surface area (Å²) in [6, 6.07) is 0. The highest BCUT2D eigenvalue weighted by Crippen LogP contribution is 2.05. The Balaban J connectivity index is 2.44. The summed E-state index contributed by atoms with van der Waals surface area (Å²) in [6.07, 6.45) is -0.330. The zero-order chi connectivity index (χ0) is 19.0. The van der Waals surface area contributed by atoms with Crippen molar-refractivity contribution in [2.24, 2.45) is 0 Å². The average molecular weight is 356 g/mol. The van der Waals surface area contributed by atoms with Gasteiger partial charge in [-0.2, -0.15) is 0 Å². The molecule has 1 heterocycles. The van der Waals surface area contributed by atoms with E-state index in [9.17, 15) is 14.4 Å². The molecule has 0 atom stereocenters. The van der Waals surface area contributed by atoms with Crippen molar-refractivity contribution in [2.45, 2.75) is 40.2 Å². The van der Waals surface area contributed by atoms with Crippen LogP contribution in [0.1, 0.15) is 34.6 Å². The SMILES string of the molecule is CCOC(=O)N1CCN(C(=O)CN(CC)CC(=O)NC(C)(C)C)CC1. The van der Waals surface area contributed by atoms with Crippen LogP contribution < -0.4 is 5.32 Å². The normalized spacial score (nSPS) is 15.3. The molecular weight excluding hydrogens is 324 g/mol. The minimum Gasteiger partial charge on any atom is -0.450 e. The zero-order valence-electron chi connectivity index (χ0n) is 16.1. The molecule has 25 heavy (non-hydrogen) atoms. The topological polar surface area (TPSA) is 82.2 Å². The lowest BCUT2D eigenvalue weighted by molar-refractivity contribution is -0.134. The monoisotopic (exact) mass is 356 g/mol. The molecule has 1 saturated heterocycles. The molecule has 1 aliphatic rings. The van der Waals surface area contributed by atoms with E-state index in [0.29, 0.717) is 39.3 Å². The summed E-state index contributed by atoms with van der Waals surface area (Å²) < 4.78 is 4.97. The molecule has 3 amide bonds. The van der Waals surface area contributed by atoms with Gasteiger partial charge in [-0.1, -0.05) is 6.92 Å². The highest BCUT2D eigenvalue weighted by atomic mass is 16.6. The van der Waals surface area contributed by atoms with Crippen LogP contribution in [0.5, 0.6) is 0 Å². The van der Waals surface area contributed by atoms with Crippen LogP contribution in [0.15, 0.2) is 0 Å². The zero-order valence-corrected chi connectivity index (χ0v) is 16.1. The van der Waals surface area contributed by atoms with Crippen molar-refractivity contribution >= 4 is 17.9 Å². The Morgan fingerprint density at radius 3 is 2.04 bits per heavy atom. The maximum absolute atomic E-state index is 12.5. The smallest absolute Gasteiger partial charge is 0.409 e. The molecule has 1 rings (SSSR count). The van der Waals surface area contributed by atoms with E-state index >= 15 is 0 Å². The van der Waals surface area contributed by atoms with Crippen LogP contribution in [0.4, 0.5) is 4.79 Å². The highest BCUT2D eigenvalue weighted by molar-refractivity contribution is 5.81. The van der Waals surface area contributed by atoms with Gasteiger partial charge >= 0.3 is 6.09 Å². The Bertz CT molecular complexity index is 468. The first-order valence-electron chi connectivity index (χ1n) is 8.89. The van der Waals surface area contributed by atoms with Gasteiger partial charge < -0.3 is 19.9 Å². The minimum absolute atomic E-state index is 0.0195. The van der Waals surface area contributed by atoms with Crippen molar-refractivity contribution in [3.05, 3.63) is 0 Å². The maximum atomic E-state index is 12.5. The van der Waals surface area contributed by atoms with Crippen molar-refractivity contribution in [1.82, 2.24) is 20.0 Å². The molecule has 0 saturated carbocycles. The quantitative estimate of drug-likeness (QED) is 0.750. The second kappa shape index (κ2) is 9.60. The van der Waals surface area contributed by atoms with Crippen LogP contribution in [0, 0.1) is 0 Å². The number of amides is 3. The number of nitrogens with zero attached hydrogens (tertiary/aromatic N) is 3. The lowest BCUT2D eigenvalue weighted by atomic mass is 10.1. The molecule has 8 heteroatoms. The van der Waals surface area contributed by atoms with E-state index in [4.69, 9.17) is 4.74 Å². The average Bonchev–Trinajstić information content (AvgIpc) is 2.52. The predicted molar refractivity (Wildman–Crippen MR) is 95.2 cm³/mol. The Labute approximate surface area is 150 Å². The Morgan fingerprint density at radius 1 is 1.00 bits per heavy atom. The maximum Gasteiger partial charge on any atom is 0.409 e. The third kappa shape index (κ3) is 7.72. The first kappa shape index (κ1) is 21.2. The van der Waals surface area contributed by atoms with Gasteiger partial charge in [-0.05, 0) is 34.2 Å². The van der Waals surface area contributed by atoms with E-state index in [0.717, 1.165) is 0 Å². The summed E-state index contributed by atoms with van der Waals surface area (Å²) in [5, 5.41) is 2.90. The lowest BCUT2D eigenvalue weighted by Gasteiger charge is -2.35. The van der Waals surface area contributed by atoms with Gasteiger partial charge in [-0.15, -0.1) is 0 Å². The fourth-order valence-electron chi connectivity index (χ4n) is 2.58. The molecule has 0 aromatic rings. The number of nitrogens with one attached hydrogen (secondary N) is 1. The second-order valence-corrected chi connectivity index (χ2v) is 7.17. The fourth-order valence-corrected chi connectivity index (χ4v) is 2.58. The van der Waals surface area contributed by atoms with Crippen LogP contribution in [0.25, 0.3) is 0 Å². The molecule has 1 N–H and O–H groups in total. The van der Waals surface area contributed by atoms with Gasteiger partial charge in [0, 0.05) is 31.7 Å². The second-order valence-electron chi connectivity index (χ2n) is 7.17. The number of piperazine rings is 1. The number of ether oxygens (including phenoxy) is 1. The number of carbonyl (C=O) groups is 3. The van der Waals surface area contributed by atoms with E-state index < -0.39 is 0 Å². The Morgan fingerprint density at radius 2 is 1.56 bits per heavy atom. The van der Waals surface area contributed by atoms with Crippen molar-refractivity contribution in [1.29, 1.82) is 0 Å². The molecule has 0 aromatic carbocycles. The standard InChI is InChI=1S/C17H32N4O4/c1-6-19(12-14(22)18-17(3,4)5)13-15(23)20-8-10-21(11-9-20)16(24)25-7-2/h6-13H2,1-5H3,(H,18,22). The van der Waals surface area contributed by atoms with Gasteiger partial charge in [0.2, 0.25) is 11.8 Å². The van der Waals surface area contributed by atoms with E-state index in [2.05, 4.69) is 5.32 Å². The predicted octanol–water partition coefficient (Wildman–Crippen LogP) is 0.524. The first-order valence-corrected chi connectivity index (χ1v) is 8.89. The van der Waals surface area contributed by atoms with Crippen molar-refractivity contribution < 1.29 is 19.1 Å². The Hall–Kier alpha value is -1.83. The van der Waals surface area contributed by atoms with Gasteiger partial charge in [0.05, 0.1) is 19.7 Å². The van der Waals surface area contributed by atoms with E-state index in [1.165, 1.54) is 0 Å². The van der Waals surface area contributed by atoms with Crippen LogP contribution in [-0.2, 0) is 14.3 Å². The van der Waals surface area contributed by atoms with Gasteiger partial charge in [0.25, 0.3) is 0 Å². The highest BCUT2D eigenvalue weighted by Gasteiger charge is 2.26. The van der Waals surface area contributed by atoms with Gasteiger partial charge in [0.1, 0.15) is 0 Å². The molecule has 8 nitrogen and oxygen atoms in total. The van der Waals surface area contributed by atoms with E-state index in [1.54, 1.807) is 16.7 Å². The van der Waals surface area contributed by atoms with E-state index in [-0.39, 0.29) is 36.5 Å². The number of carbonyl (C=O) groups excluding carboxylic acids is 3. The molecule has 1 fully saturated rings. The molecule has 144 valence electrons. The molecule has 0 unspecified atom stereocenters. The van der Waals surface area contributed by atoms with Gasteiger partial charge in [-0.25, -0.2) is 4.79 Å². The number of rotatable bonds is 6. The van der Waals surface area contributed by atoms with Crippen LogP contribution in [0.2, 0.25) is 0 Å².